The maximum Gasteiger partial charge on any atom is 0.0912 e. The average molecular weight is 253 g/mol. The van der Waals surface area contributed by atoms with Crippen LogP contribution in [0.2, 0.25) is 0 Å². The highest BCUT2D eigenvalue weighted by Gasteiger charge is 2.26. The molecular weight excluding hydrogens is 230 g/mol. The largest absolute Gasteiger partial charge is 0.193 e. The minimum Gasteiger partial charge on any atom is -0.193 e. The summed E-state index contributed by atoms with van der Waals surface area (Å²) in [5.74, 6) is 0. The monoisotopic (exact) mass is 253 g/mol. The lowest BCUT2D eigenvalue weighted by molar-refractivity contribution is 0.377. The normalized spacial score (nSPS) is 20.1. The van der Waals surface area contributed by atoms with Crippen molar-refractivity contribution < 1.29 is 0 Å². The first-order valence-electron chi connectivity index (χ1n) is 6.84. The third kappa shape index (κ3) is 5.14. The zero-order valence-corrected chi connectivity index (χ0v) is 12.2. The maximum atomic E-state index is 8.32. The molecule has 0 aliphatic heterocycles. The highest BCUT2D eigenvalue weighted by atomic mass is 14.3. The highest BCUT2D eigenvalue weighted by molar-refractivity contribution is 5.34. The first-order valence-corrected chi connectivity index (χ1v) is 6.84. The van der Waals surface area contributed by atoms with Crippen LogP contribution in [0.15, 0.2) is 59.8 Å². The Hall–Kier alpha value is -1.81. The van der Waals surface area contributed by atoms with Gasteiger partial charge in [0.15, 0.2) is 0 Å². The van der Waals surface area contributed by atoms with Gasteiger partial charge in [0, 0.05) is 6.08 Å². The molecule has 0 saturated heterocycles. The molecule has 0 bridgehead atoms. The van der Waals surface area contributed by atoms with E-state index in [2.05, 4.69) is 32.9 Å². The van der Waals surface area contributed by atoms with Crippen LogP contribution in [0.5, 0.6) is 0 Å². The van der Waals surface area contributed by atoms with Crippen LogP contribution in [0.4, 0.5) is 0 Å². The van der Waals surface area contributed by atoms with E-state index in [-0.39, 0.29) is 0 Å². The number of nitrogens with zero attached hydrogens (tertiary/aromatic N) is 1. The zero-order chi connectivity index (χ0) is 14.1. The van der Waals surface area contributed by atoms with E-state index in [9.17, 15) is 0 Å². The van der Waals surface area contributed by atoms with Crippen LogP contribution in [0.25, 0.3) is 0 Å². The third-order valence-electron chi connectivity index (χ3n) is 3.53. The van der Waals surface area contributed by atoms with Crippen molar-refractivity contribution in [2.45, 2.75) is 40.0 Å². The van der Waals surface area contributed by atoms with Crippen molar-refractivity contribution >= 4 is 0 Å². The van der Waals surface area contributed by atoms with Crippen LogP contribution in [0, 0.1) is 16.7 Å². The predicted octanol–water partition coefficient (Wildman–Crippen LogP) is 5.26. The van der Waals surface area contributed by atoms with Gasteiger partial charge in [-0.2, -0.15) is 5.26 Å². The van der Waals surface area contributed by atoms with Crippen molar-refractivity contribution in [1.82, 2.24) is 0 Å². The summed E-state index contributed by atoms with van der Waals surface area (Å²) in [6.45, 7) is 6.90. The molecule has 0 radical (unpaired) electrons. The van der Waals surface area contributed by atoms with Gasteiger partial charge in [0.1, 0.15) is 0 Å². The topological polar surface area (TPSA) is 23.8 Å². The van der Waals surface area contributed by atoms with Gasteiger partial charge in [-0.05, 0) is 37.2 Å². The summed E-state index contributed by atoms with van der Waals surface area (Å²) in [6, 6.07) is 1.95. The Morgan fingerprint density at radius 1 is 1.05 bits per heavy atom. The number of rotatable bonds is 4. The molecule has 0 aromatic carbocycles. The molecule has 0 spiro atoms. The third-order valence-corrected chi connectivity index (χ3v) is 3.53. The molecule has 0 fully saturated rings. The summed E-state index contributed by atoms with van der Waals surface area (Å²) in [4.78, 5) is 0. The van der Waals surface area contributed by atoms with Gasteiger partial charge < -0.3 is 0 Å². The van der Waals surface area contributed by atoms with Crippen molar-refractivity contribution in [3.63, 3.8) is 0 Å². The van der Waals surface area contributed by atoms with Crippen LogP contribution in [-0.2, 0) is 0 Å². The molecular formula is C18H23N. The lowest BCUT2D eigenvalue weighted by Gasteiger charge is -2.32. The minimum absolute atomic E-state index is 0.304. The van der Waals surface area contributed by atoms with Crippen molar-refractivity contribution in [3.05, 3.63) is 59.8 Å². The molecule has 1 nitrogen and oxygen atoms in total. The Labute approximate surface area is 117 Å². The predicted molar refractivity (Wildman–Crippen MR) is 82.5 cm³/mol. The number of nitriles is 1. The molecule has 0 aromatic heterocycles. The molecule has 0 amide bonds. The Balaban J connectivity index is 2.62. The van der Waals surface area contributed by atoms with E-state index in [1.807, 2.05) is 30.4 Å². The SMILES string of the molecule is CC1=C(/C=C/C=C/C=C/C=C/C#N)C(C)(C)CCC1. The summed E-state index contributed by atoms with van der Waals surface area (Å²) in [7, 11) is 0. The van der Waals surface area contributed by atoms with Gasteiger partial charge in [-0.1, -0.05) is 62.0 Å². The Morgan fingerprint density at radius 2 is 1.68 bits per heavy atom. The molecule has 100 valence electrons. The van der Waals surface area contributed by atoms with Gasteiger partial charge in [-0.3, -0.25) is 0 Å². The van der Waals surface area contributed by atoms with Crippen molar-refractivity contribution in [2.24, 2.45) is 5.41 Å². The molecule has 1 heteroatoms. The van der Waals surface area contributed by atoms with Crippen molar-refractivity contribution in [2.75, 3.05) is 0 Å². The van der Waals surface area contributed by atoms with Crippen LogP contribution in [0.3, 0.4) is 0 Å². The smallest absolute Gasteiger partial charge is 0.0912 e. The average Bonchev–Trinajstić information content (AvgIpc) is 2.35. The lowest BCUT2D eigenvalue weighted by Crippen LogP contribution is -2.18. The quantitative estimate of drug-likeness (QED) is 0.495. The highest BCUT2D eigenvalue weighted by Crippen LogP contribution is 2.40. The van der Waals surface area contributed by atoms with Crippen LogP contribution in [-0.4, -0.2) is 0 Å². The Kier molecular flexibility index (Phi) is 6.09. The fraction of sp³-hybridized carbons (Fsp3) is 0.389. The number of hydrogen-bond donors (Lipinski definition) is 0. The van der Waals surface area contributed by atoms with Gasteiger partial charge in [-0.15, -0.1) is 0 Å². The molecule has 0 heterocycles. The van der Waals surface area contributed by atoms with Gasteiger partial charge in [-0.25, -0.2) is 0 Å². The lowest BCUT2D eigenvalue weighted by atomic mass is 9.73. The summed E-state index contributed by atoms with van der Waals surface area (Å²) >= 11 is 0. The van der Waals surface area contributed by atoms with Crippen molar-refractivity contribution in [1.29, 1.82) is 5.26 Å². The molecule has 0 unspecified atom stereocenters. The van der Waals surface area contributed by atoms with Gasteiger partial charge in [0.05, 0.1) is 6.07 Å². The summed E-state index contributed by atoms with van der Waals surface area (Å²) in [5, 5.41) is 8.32. The molecule has 0 aromatic rings. The molecule has 19 heavy (non-hydrogen) atoms. The van der Waals surface area contributed by atoms with E-state index in [0.29, 0.717) is 5.41 Å². The Bertz CT molecular complexity index is 476. The fourth-order valence-corrected chi connectivity index (χ4v) is 2.52. The molecule has 1 aliphatic rings. The fourth-order valence-electron chi connectivity index (χ4n) is 2.52. The molecule has 1 rings (SSSR count). The second-order valence-electron chi connectivity index (χ2n) is 5.55. The van der Waals surface area contributed by atoms with E-state index in [1.54, 1.807) is 6.08 Å². The van der Waals surface area contributed by atoms with Crippen molar-refractivity contribution in [3.8, 4) is 6.07 Å². The Morgan fingerprint density at radius 3 is 2.32 bits per heavy atom. The summed E-state index contributed by atoms with van der Waals surface area (Å²) in [6.07, 6.45) is 19.1. The van der Waals surface area contributed by atoms with Crippen LogP contribution >= 0.6 is 0 Å². The minimum atomic E-state index is 0.304. The molecule has 1 aliphatic carbocycles. The van der Waals surface area contributed by atoms with Gasteiger partial charge >= 0.3 is 0 Å². The van der Waals surface area contributed by atoms with Crippen LogP contribution < -0.4 is 0 Å². The molecule has 0 N–H and O–H groups in total. The number of allylic oxidation sites excluding steroid dienone is 10. The van der Waals surface area contributed by atoms with E-state index in [0.717, 1.165) is 0 Å². The van der Waals surface area contributed by atoms with Gasteiger partial charge in [0.25, 0.3) is 0 Å². The zero-order valence-electron chi connectivity index (χ0n) is 12.2. The summed E-state index contributed by atoms with van der Waals surface area (Å²) in [5.41, 5.74) is 3.31. The molecule has 0 atom stereocenters. The first-order chi connectivity index (χ1) is 9.08. The van der Waals surface area contributed by atoms with E-state index < -0.39 is 0 Å². The second-order valence-corrected chi connectivity index (χ2v) is 5.55. The van der Waals surface area contributed by atoms with Crippen LogP contribution in [0.1, 0.15) is 40.0 Å². The van der Waals surface area contributed by atoms with E-state index >= 15 is 0 Å². The standard InChI is InChI=1S/C18H23N/c1-16-12-11-14-18(2,3)17(16)13-9-7-5-4-6-8-10-15-19/h4-10,13H,11-12,14H2,1-3H3/b6-4+,7-5+,10-8+,13-9+. The maximum absolute atomic E-state index is 8.32. The molecule has 0 saturated carbocycles. The summed E-state index contributed by atoms with van der Waals surface area (Å²) < 4.78 is 0. The second kappa shape index (κ2) is 7.59. The van der Waals surface area contributed by atoms with Gasteiger partial charge in [0.2, 0.25) is 0 Å². The van der Waals surface area contributed by atoms with E-state index in [4.69, 9.17) is 5.26 Å². The number of hydrogen-bond acceptors (Lipinski definition) is 1. The first kappa shape index (κ1) is 15.2. The van der Waals surface area contributed by atoms with E-state index in [1.165, 1.54) is 36.5 Å².